The van der Waals surface area contributed by atoms with Gasteiger partial charge in [0.25, 0.3) is 5.91 Å². The number of likely N-dealkylation sites (tertiary alicyclic amines) is 1. The molecule has 2 amide bonds. The van der Waals surface area contributed by atoms with Gasteiger partial charge in [-0.1, -0.05) is 41.9 Å². The van der Waals surface area contributed by atoms with E-state index in [1.165, 1.54) is 11.3 Å². The number of rotatable bonds is 4. The van der Waals surface area contributed by atoms with Crippen molar-refractivity contribution in [2.75, 3.05) is 6.54 Å². The summed E-state index contributed by atoms with van der Waals surface area (Å²) in [5.74, 6) is -0.543. The molecule has 0 spiro atoms. The maximum Gasteiger partial charge on any atom is 0.258 e. The minimum atomic E-state index is -0.534. The van der Waals surface area contributed by atoms with Crippen LogP contribution in [0.25, 0.3) is 10.8 Å². The van der Waals surface area contributed by atoms with Crippen LogP contribution in [0.15, 0.2) is 48.5 Å². The Morgan fingerprint density at radius 3 is 2.79 bits per heavy atom. The Morgan fingerprint density at radius 1 is 1.18 bits per heavy atom. The lowest BCUT2D eigenvalue weighted by atomic mass is 10.0. The van der Waals surface area contributed by atoms with Gasteiger partial charge in [-0.3, -0.25) is 9.59 Å². The number of thiophene rings is 1. The predicted molar refractivity (Wildman–Crippen MR) is 111 cm³/mol. The number of nitrogens with one attached hydrogen (secondary N) is 1. The summed E-state index contributed by atoms with van der Waals surface area (Å²) in [5, 5.41) is 15.0. The highest BCUT2D eigenvalue weighted by Crippen LogP contribution is 2.31. The molecule has 0 radical (unpaired) electrons. The van der Waals surface area contributed by atoms with Crippen molar-refractivity contribution < 1.29 is 14.7 Å². The van der Waals surface area contributed by atoms with E-state index in [4.69, 9.17) is 11.6 Å². The van der Waals surface area contributed by atoms with E-state index < -0.39 is 6.04 Å². The van der Waals surface area contributed by atoms with Crippen molar-refractivity contribution in [3.8, 4) is 5.75 Å². The molecule has 7 heteroatoms. The first-order chi connectivity index (χ1) is 13.5. The van der Waals surface area contributed by atoms with Crippen molar-refractivity contribution in [1.82, 2.24) is 10.2 Å². The number of fused-ring (bicyclic) bond motifs is 1. The highest BCUT2D eigenvalue weighted by molar-refractivity contribution is 7.16. The lowest BCUT2D eigenvalue weighted by Crippen LogP contribution is -2.45. The second kappa shape index (κ2) is 7.81. The first-order valence-corrected chi connectivity index (χ1v) is 10.3. The number of phenolic OH excluding ortho intramolecular Hbond substituents is 1. The summed E-state index contributed by atoms with van der Waals surface area (Å²) in [6, 6.07) is 13.9. The third-order valence-electron chi connectivity index (χ3n) is 5.01. The molecule has 5 nitrogen and oxygen atoms in total. The van der Waals surface area contributed by atoms with Gasteiger partial charge in [0.2, 0.25) is 5.91 Å². The Kier molecular flexibility index (Phi) is 5.24. The van der Waals surface area contributed by atoms with Crippen molar-refractivity contribution >= 4 is 45.5 Å². The number of amides is 2. The normalized spacial score (nSPS) is 16.5. The molecule has 1 aliphatic rings. The van der Waals surface area contributed by atoms with Crippen molar-refractivity contribution in [1.29, 1.82) is 0 Å². The van der Waals surface area contributed by atoms with Gasteiger partial charge in [0.05, 0.1) is 16.4 Å². The molecule has 0 aliphatic carbocycles. The van der Waals surface area contributed by atoms with Gasteiger partial charge in [-0.25, -0.2) is 0 Å². The smallest absolute Gasteiger partial charge is 0.258 e. The third-order valence-corrected chi connectivity index (χ3v) is 6.24. The van der Waals surface area contributed by atoms with E-state index in [0.717, 1.165) is 16.7 Å². The second-order valence-electron chi connectivity index (χ2n) is 6.76. The molecule has 28 heavy (non-hydrogen) atoms. The number of benzene rings is 2. The third kappa shape index (κ3) is 3.57. The molecule has 2 aromatic carbocycles. The number of nitrogens with zero attached hydrogens (tertiary/aromatic N) is 1. The van der Waals surface area contributed by atoms with Gasteiger partial charge in [0, 0.05) is 16.8 Å². The summed E-state index contributed by atoms with van der Waals surface area (Å²) in [7, 11) is 0. The molecule has 2 heterocycles. The van der Waals surface area contributed by atoms with E-state index in [-0.39, 0.29) is 23.1 Å². The Hall–Kier alpha value is -2.57. The molecule has 1 aromatic heterocycles. The van der Waals surface area contributed by atoms with Crippen LogP contribution >= 0.6 is 22.9 Å². The highest BCUT2D eigenvalue weighted by atomic mass is 35.5. The van der Waals surface area contributed by atoms with Crippen molar-refractivity contribution in [3.05, 3.63) is 63.3 Å². The fourth-order valence-electron chi connectivity index (χ4n) is 3.60. The average molecular weight is 415 g/mol. The van der Waals surface area contributed by atoms with Gasteiger partial charge in [-0.2, -0.15) is 0 Å². The summed E-state index contributed by atoms with van der Waals surface area (Å²) >= 11 is 7.34. The zero-order valence-electron chi connectivity index (χ0n) is 15.0. The SMILES string of the molecule is O=C(NCc1ccc(Cl)s1)C1CCCN1C(=O)c1ccc2ccccc2c1O. The van der Waals surface area contributed by atoms with Gasteiger partial charge in [-0.15, -0.1) is 11.3 Å². The molecule has 144 valence electrons. The molecule has 0 bridgehead atoms. The van der Waals surface area contributed by atoms with Crippen LogP contribution in [0.2, 0.25) is 4.34 Å². The predicted octanol–water partition coefficient (Wildman–Crippen LogP) is 4.18. The molecule has 0 saturated carbocycles. The molecule has 3 aromatic rings. The Balaban J connectivity index is 1.52. The van der Waals surface area contributed by atoms with Crippen LogP contribution in [-0.4, -0.2) is 34.4 Å². The van der Waals surface area contributed by atoms with E-state index >= 15 is 0 Å². The summed E-state index contributed by atoms with van der Waals surface area (Å²) in [5.41, 5.74) is 0.225. The summed E-state index contributed by atoms with van der Waals surface area (Å²) in [6.45, 7) is 0.879. The lowest BCUT2D eigenvalue weighted by molar-refractivity contribution is -0.125. The zero-order chi connectivity index (χ0) is 19.7. The number of carbonyl (C=O) groups is 2. The maximum atomic E-state index is 13.1. The monoisotopic (exact) mass is 414 g/mol. The van der Waals surface area contributed by atoms with Crippen LogP contribution in [-0.2, 0) is 11.3 Å². The van der Waals surface area contributed by atoms with Gasteiger partial charge in [-0.05, 0) is 36.4 Å². The largest absolute Gasteiger partial charge is 0.506 e. The molecular weight excluding hydrogens is 396 g/mol. The molecule has 1 aliphatic heterocycles. The molecule has 2 N–H and O–H groups in total. The summed E-state index contributed by atoms with van der Waals surface area (Å²) < 4.78 is 0.675. The van der Waals surface area contributed by atoms with Crippen LogP contribution in [0, 0.1) is 0 Å². The molecule has 1 fully saturated rings. The number of aromatic hydroxyl groups is 1. The summed E-state index contributed by atoms with van der Waals surface area (Å²) in [4.78, 5) is 28.3. The van der Waals surface area contributed by atoms with Gasteiger partial charge >= 0.3 is 0 Å². The summed E-state index contributed by atoms with van der Waals surface area (Å²) in [6.07, 6.45) is 1.36. The van der Waals surface area contributed by atoms with Gasteiger partial charge in [0.1, 0.15) is 11.8 Å². The van der Waals surface area contributed by atoms with Crippen molar-refractivity contribution in [3.63, 3.8) is 0 Å². The average Bonchev–Trinajstić information content (AvgIpc) is 3.35. The van der Waals surface area contributed by atoms with E-state index in [2.05, 4.69) is 5.32 Å². The first-order valence-electron chi connectivity index (χ1n) is 9.08. The van der Waals surface area contributed by atoms with Crippen LogP contribution < -0.4 is 5.32 Å². The van der Waals surface area contributed by atoms with E-state index in [1.807, 2.05) is 30.3 Å². The van der Waals surface area contributed by atoms with Gasteiger partial charge < -0.3 is 15.3 Å². The quantitative estimate of drug-likeness (QED) is 0.672. The molecule has 1 unspecified atom stereocenters. The number of hydrogen-bond acceptors (Lipinski definition) is 4. The Bertz CT molecular complexity index is 1050. The van der Waals surface area contributed by atoms with Crippen LogP contribution in [0.4, 0.5) is 0 Å². The molecular formula is C21H19ClN2O3S. The zero-order valence-corrected chi connectivity index (χ0v) is 16.6. The Morgan fingerprint density at radius 2 is 2.00 bits per heavy atom. The maximum absolute atomic E-state index is 13.1. The van der Waals surface area contributed by atoms with E-state index in [1.54, 1.807) is 23.1 Å². The fourth-order valence-corrected chi connectivity index (χ4v) is 4.63. The van der Waals surface area contributed by atoms with Crippen LogP contribution in [0.3, 0.4) is 0 Å². The minimum Gasteiger partial charge on any atom is -0.506 e. The Labute approximate surface area is 171 Å². The number of carbonyl (C=O) groups excluding carboxylic acids is 2. The van der Waals surface area contributed by atoms with Crippen LogP contribution in [0.1, 0.15) is 28.1 Å². The van der Waals surface area contributed by atoms with E-state index in [0.29, 0.717) is 29.2 Å². The topological polar surface area (TPSA) is 69.6 Å². The minimum absolute atomic E-state index is 0.0395. The van der Waals surface area contributed by atoms with Gasteiger partial charge in [0.15, 0.2) is 0 Å². The van der Waals surface area contributed by atoms with Crippen LogP contribution in [0.5, 0.6) is 5.75 Å². The standard InChI is InChI=1S/C21H19ClN2O3S/c22-18-10-8-14(28-18)12-23-20(26)17-6-3-11-24(17)21(27)16-9-7-13-4-1-2-5-15(13)19(16)25/h1-2,4-5,7-10,17,25H,3,6,11-12H2,(H,23,26). The second-order valence-corrected chi connectivity index (χ2v) is 8.56. The van der Waals surface area contributed by atoms with Crippen molar-refractivity contribution in [2.24, 2.45) is 0 Å². The molecule has 1 saturated heterocycles. The highest BCUT2D eigenvalue weighted by Gasteiger charge is 2.35. The fraction of sp³-hybridized carbons (Fsp3) is 0.238. The molecule has 4 rings (SSSR count). The number of hydrogen-bond donors (Lipinski definition) is 2. The van der Waals surface area contributed by atoms with Crippen molar-refractivity contribution in [2.45, 2.75) is 25.4 Å². The lowest BCUT2D eigenvalue weighted by Gasteiger charge is -2.24. The number of halogens is 1. The molecule has 1 atom stereocenters. The van der Waals surface area contributed by atoms with E-state index in [9.17, 15) is 14.7 Å². The first kappa shape index (κ1) is 18.8. The number of phenols is 1.